The molecule has 0 aliphatic carbocycles. The minimum absolute atomic E-state index is 0.0512. The summed E-state index contributed by atoms with van der Waals surface area (Å²) in [6, 6.07) is 10.3. The van der Waals surface area contributed by atoms with Gasteiger partial charge in [-0.15, -0.1) is 0 Å². The maximum atomic E-state index is 13.4. The summed E-state index contributed by atoms with van der Waals surface area (Å²) in [5, 5.41) is 9.78. The molecule has 9 heteroatoms. The van der Waals surface area contributed by atoms with Gasteiger partial charge in [-0.1, -0.05) is 19.1 Å². The Hall–Kier alpha value is -2.78. The molecule has 2 aromatic carbocycles. The van der Waals surface area contributed by atoms with Crippen LogP contribution in [0.3, 0.4) is 0 Å². The Kier molecular flexibility index (Phi) is 8.33. The van der Waals surface area contributed by atoms with Gasteiger partial charge >= 0.3 is 6.18 Å². The van der Waals surface area contributed by atoms with Crippen LogP contribution in [0.4, 0.5) is 18.9 Å². The van der Waals surface area contributed by atoms with E-state index in [4.69, 9.17) is 4.74 Å². The summed E-state index contributed by atoms with van der Waals surface area (Å²) >= 11 is 0. The number of hydrogen-bond acceptors (Lipinski definition) is 5. The number of halogens is 3. The minimum atomic E-state index is -4.36. The minimum Gasteiger partial charge on any atom is -0.488 e. The fourth-order valence-corrected chi connectivity index (χ4v) is 4.19. The Morgan fingerprint density at radius 3 is 2.37 bits per heavy atom. The van der Waals surface area contributed by atoms with Gasteiger partial charge in [0.25, 0.3) is 5.91 Å². The number of nitrogens with zero attached hydrogens (tertiary/aromatic N) is 3. The smallest absolute Gasteiger partial charge is 0.416 e. The molecule has 1 N–H and O–H groups in total. The van der Waals surface area contributed by atoms with Gasteiger partial charge in [0, 0.05) is 45.3 Å². The van der Waals surface area contributed by atoms with Crippen LogP contribution in [0, 0.1) is 5.92 Å². The van der Waals surface area contributed by atoms with Crippen LogP contribution in [0.5, 0.6) is 5.75 Å². The van der Waals surface area contributed by atoms with E-state index in [-0.39, 0.29) is 30.6 Å². The van der Waals surface area contributed by atoms with Crippen molar-refractivity contribution in [1.82, 2.24) is 9.80 Å². The lowest BCUT2D eigenvalue weighted by Gasteiger charge is -2.38. The number of aliphatic hydroxyl groups is 1. The van der Waals surface area contributed by atoms with Crippen LogP contribution in [0.15, 0.2) is 42.5 Å². The first kappa shape index (κ1) is 26.8. The number of amides is 1. The van der Waals surface area contributed by atoms with E-state index in [2.05, 4.69) is 0 Å². The number of likely N-dealkylation sites (N-methyl/N-ethyl adjacent to an activating group) is 1. The molecule has 0 radical (unpaired) electrons. The largest absolute Gasteiger partial charge is 0.488 e. The lowest BCUT2D eigenvalue weighted by molar-refractivity contribution is -0.137. The zero-order valence-corrected chi connectivity index (χ0v) is 20.8. The maximum Gasteiger partial charge on any atom is 0.416 e. The number of rotatable bonds is 7. The second-order valence-corrected chi connectivity index (χ2v) is 9.59. The molecular formula is C26H34F3N3O3. The highest BCUT2D eigenvalue weighted by molar-refractivity contribution is 5.98. The van der Waals surface area contributed by atoms with Crippen LogP contribution in [0.2, 0.25) is 0 Å². The molecule has 0 saturated heterocycles. The molecule has 0 bridgehead atoms. The Bertz CT molecular complexity index is 1010. The number of ether oxygens (including phenoxy) is 1. The lowest BCUT2D eigenvalue weighted by atomic mass is 9.99. The van der Waals surface area contributed by atoms with Gasteiger partial charge in [0.05, 0.1) is 23.8 Å². The van der Waals surface area contributed by atoms with Crippen molar-refractivity contribution >= 4 is 11.6 Å². The first-order valence-corrected chi connectivity index (χ1v) is 11.6. The molecule has 2 aromatic rings. The number of anilines is 1. The zero-order valence-electron chi connectivity index (χ0n) is 20.8. The van der Waals surface area contributed by atoms with Crippen LogP contribution in [0.1, 0.15) is 35.3 Å². The van der Waals surface area contributed by atoms with E-state index in [1.54, 1.807) is 17.0 Å². The van der Waals surface area contributed by atoms with E-state index in [1.807, 2.05) is 50.9 Å². The van der Waals surface area contributed by atoms with E-state index in [1.165, 1.54) is 12.1 Å². The van der Waals surface area contributed by atoms with Crippen LogP contribution < -0.4 is 9.64 Å². The average Bonchev–Trinajstić information content (AvgIpc) is 2.80. The highest BCUT2D eigenvalue weighted by atomic mass is 19.4. The van der Waals surface area contributed by atoms with Gasteiger partial charge in [0.2, 0.25) is 0 Å². The van der Waals surface area contributed by atoms with Crippen molar-refractivity contribution in [2.75, 3.05) is 45.7 Å². The van der Waals surface area contributed by atoms with Gasteiger partial charge in [-0.25, -0.2) is 0 Å². The molecule has 0 aromatic heterocycles. The SMILES string of the molecule is C[C@H]1CN([C@@H](C)CO)C(=O)c2cc(N(C)C)ccc2O[C@H]1CN(C)Cc1ccc(C(F)(F)F)cc1. The number of carbonyl (C=O) groups excluding carboxylic acids is 1. The molecule has 1 amide bonds. The van der Waals surface area contributed by atoms with Gasteiger partial charge in [0.1, 0.15) is 11.9 Å². The standard InChI is InChI=1S/C26H34F3N3O3/c1-17-13-32(18(2)16-33)25(34)22-12-21(30(3)4)10-11-23(22)35-24(17)15-31(5)14-19-6-8-20(9-7-19)26(27,28)29/h6-12,17-18,24,33H,13-16H2,1-5H3/t17-,18-,24-/m0/s1. The number of aliphatic hydroxyl groups excluding tert-OH is 1. The normalized spacial score (nSPS) is 19.6. The molecule has 0 saturated carbocycles. The van der Waals surface area contributed by atoms with Crippen molar-refractivity contribution in [1.29, 1.82) is 0 Å². The molecular weight excluding hydrogens is 459 g/mol. The molecule has 1 heterocycles. The van der Waals surface area contributed by atoms with Crippen molar-refractivity contribution in [3.05, 3.63) is 59.2 Å². The molecule has 1 aliphatic rings. The molecule has 0 unspecified atom stereocenters. The van der Waals surface area contributed by atoms with E-state index in [0.29, 0.717) is 30.9 Å². The summed E-state index contributed by atoms with van der Waals surface area (Å²) in [7, 11) is 5.68. The van der Waals surface area contributed by atoms with Crippen molar-refractivity contribution in [2.24, 2.45) is 5.92 Å². The predicted molar refractivity (Wildman–Crippen MR) is 130 cm³/mol. The molecule has 192 valence electrons. The highest BCUT2D eigenvalue weighted by Crippen LogP contribution is 2.32. The third-order valence-corrected chi connectivity index (χ3v) is 6.39. The monoisotopic (exact) mass is 493 g/mol. The van der Waals surface area contributed by atoms with Crippen LogP contribution in [-0.2, 0) is 12.7 Å². The van der Waals surface area contributed by atoms with Crippen molar-refractivity contribution in [3.63, 3.8) is 0 Å². The second kappa shape index (κ2) is 10.9. The third kappa shape index (κ3) is 6.46. The first-order chi connectivity index (χ1) is 16.4. The van der Waals surface area contributed by atoms with Gasteiger partial charge in [-0.05, 0) is 49.9 Å². The number of carbonyl (C=O) groups is 1. The van der Waals surface area contributed by atoms with Crippen molar-refractivity contribution < 1.29 is 27.8 Å². The summed E-state index contributed by atoms with van der Waals surface area (Å²) in [5.74, 6) is 0.244. The average molecular weight is 494 g/mol. The molecule has 3 atom stereocenters. The number of benzene rings is 2. The Balaban J connectivity index is 1.83. The number of fused-ring (bicyclic) bond motifs is 1. The Labute approximate surface area is 204 Å². The van der Waals surface area contributed by atoms with Gasteiger partial charge in [0.15, 0.2) is 0 Å². The summed E-state index contributed by atoms with van der Waals surface area (Å²) in [4.78, 5) is 19.0. The summed E-state index contributed by atoms with van der Waals surface area (Å²) in [6.07, 6.45) is -4.64. The number of alkyl halides is 3. The Morgan fingerprint density at radius 2 is 1.80 bits per heavy atom. The van der Waals surface area contributed by atoms with Crippen LogP contribution in [0.25, 0.3) is 0 Å². The zero-order chi connectivity index (χ0) is 25.9. The number of hydrogen-bond donors (Lipinski definition) is 1. The molecule has 0 fully saturated rings. The van der Waals surface area contributed by atoms with Gasteiger partial charge in [-0.2, -0.15) is 13.2 Å². The van der Waals surface area contributed by atoms with Crippen LogP contribution in [-0.4, -0.2) is 73.8 Å². The molecule has 1 aliphatic heterocycles. The molecule has 6 nitrogen and oxygen atoms in total. The highest BCUT2D eigenvalue weighted by Gasteiger charge is 2.34. The topological polar surface area (TPSA) is 56.3 Å². The maximum absolute atomic E-state index is 13.4. The molecule has 0 spiro atoms. The second-order valence-electron chi connectivity index (χ2n) is 9.59. The molecule has 35 heavy (non-hydrogen) atoms. The summed E-state index contributed by atoms with van der Waals surface area (Å²) in [5.41, 5.74) is 1.40. The summed E-state index contributed by atoms with van der Waals surface area (Å²) in [6.45, 7) is 5.03. The summed E-state index contributed by atoms with van der Waals surface area (Å²) < 4.78 is 45.0. The van der Waals surface area contributed by atoms with Crippen LogP contribution >= 0.6 is 0 Å². The third-order valence-electron chi connectivity index (χ3n) is 6.39. The van der Waals surface area contributed by atoms with E-state index in [0.717, 1.165) is 23.4 Å². The fraction of sp³-hybridized carbons (Fsp3) is 0.500. The van der Waals surface area contributed by atoms with E-state index >= 15 is 0 Å². The van der Waals surface area contributed by atoms with Gasteiger partial charge < -0.3 is 19.6 Å². The predicted octanol–water partition coefficient (Wildman–Crippen LogP) is 4.12. The van der Waals surface area contributed by atoms with E-state index in [9.17, 15) is 23.1 Å². The van der Waals surface area contributed by atoms with E-state index < -0.39 is 11.7 Å². The van der Waals surface area contributed by atoms with Crippen molar-refractivity contribution in [2.45, 2.75) is 38.7 Å². The quantitative estimate of drug-likeness (QED) is 0.629. The molecule has 3 rings (SSSR count). The van der Waals surface area contributed by atoms with Crippen molar-refractivity contribution in [3.8, 4) is 5.75 Å². The first-order valence-electron chi connectivity index (χ1n) is 11.6. The lowest BCUT2D eigenvalue weighted by Crippen LogP contribution is -2.49. The fourth-order valence-electron chi connectivity index (χ4n) is 4.19. The van der Waals surface area contributed by atoms with Gasteiger partial charge in [-0.3, -0.25) is 9.69 Å². The Morgan fingerprint density at radius 1 is 1.14 bits per heavy atom.